The molecular weight excluding hydrogens is 262 g/mol. The van der Waals surface area contributed by atoms with Gasteiger partial charge in [0.2, 0.25) is 0 Å². The van der Waals surface area contributed by atoms with Crippen molar-refractivity contribution in [1.29, 1.82) is 5.26 Å². The Labute approximate surface area is 106 Å². The Hall–Kier alpha value is -2.16. The normalized spacial score (nSPS) is 13.7. The summed E-state index contributed by atoms with van der Waals surface area (Å²) >= 11 is 0. The summed E-state index contributed by atoms with van der Waals surface area (Å²) in [4.78, 5) is 11.5. The summed E-state index contributed by atoms with van der Waals surface area (Å²) in [6, 6.07) is 3.16. The lowest BCUT2D eigenvalue weighted by Gasteiger charge is -2.10. The Morgan fingerprint density at radius 3 is 2.63 bits per heavy atom. The molecule has 0 N–H and O–H groups in total. The SMILES string of the molecule is N#CCC(=O)C1=Cc2cc(F)c(C(F)(F)F)cc2C1. The fourth-order valence-corrected chi connectivity index (χ4v) is 1.95. The first-order valence-electron chi connectivity index (χ1n) is 5.33. The Morgan fingerprint density at radius 1 is 1.37 bits per heavy atom. The minimum absolute atomic E-state index is 0.000787. The summed E-state index contributed by atoms with van der Waals surface area (Å²) in [7, 11) is 0. The zero-order valence-electron chi connectivity index (χ0n) is 9.51. The second-order valence-corrected chi connectivity index (χ2v) is 4.13. The van der Waals surface area contributed by atoms with Crippen LogP contribution in [0.4, 0.5) is 17.6 Å². The fraction of sp³-hybridized carbons (Fsp3) is 0.231. The highest BCUT2D eigenvalue weighted by atomic mass is 19.4. The third-order valence-electron chi connectivity index (χ3n) is 2.84. The van der Waals surface area contributed by atoms with E-state index < -0.39 is 23.3 Å². The van der Waals surface area contributed by atoms with Crippen LogP contribution in [-0.2, 0) is 17.4 Å². The quantitative estimate of drug-likeness (QED) is 0.773. The van der Waals surface area contributed by atoms with Crippen molar-refractivity contribution >= 4 is 11.9 Å². The number of benzene rings is 1. The minimum atomic E-state index is -4.77. The topological polar surface area (TPSA) is 40.9 Å². The van der Waals surface area contributed by atoms with E-state index in [0.29, 0.717) is 6.07 Å². The first kappa shape index (κ1) is 13.3. The number of nitriles is 1. The third-order valence-corrected chi connectivity index (χ3v) is 2.84. The number of allylic oxidation sites excluding steroid dienone is 1. The van der Waals surface area contributed by atoms with E-state index >= 15 is 0 Å². The molecule has 1 aliphatic carbocycles. The maximum atomic E-state index is 13.3. The van der Waals surface area contributed by atoms with Crippen LogP contribution in [-0.4, -0.2) is 5.78 Å². The molecule has 0 unspecified atom stereocenters. The maximum absolute atomic E-state index is 13.3. The molecule has 0 atom stereocenters. The van der Waals surface area contributed by atoms with Crippen molar-refractivity contribution < 1.29 is 22.4 Å². The molecule has 1 aromatic rings. The van der Waals surface area contributed by atoms with Gasteiger partial charge in [-0.3, -0.25) is 4.79 Å². The Balaban J connectivity index is 2.37. The summed E-state index contributed by atoms with van der Waals surface area (Å²) in [6.07, 6.45) is -3.77. The summed E-state index contributed by atoms with van der Waals surface area (Å²) in [5.74, 6) is -1.82. The van der Waals surface area contributed by atoms with E-state index in [1.807, 2.05) is 0 Å². The molecule has 6 heteroatoms. The minimum Gasteiger partial charge on any atom is -0.293 e. The predicted molar refractivity (Wildman–Crippen MR) is 58.3 cm³/mol. The van der Waals surface area contributed by atoms with Gasteiger partial charge in [0.05, 0.1) is 18.1 Å². The first-order valence-corrected chi connectivity index (χ1v) is 5.33. The second-order valence-electron chi connectivity index (χ2n) is 4.13. The molecule has 0 spiro atoms. The lowest BCUT2D eigenvalue weighted by atomic mass is 10.0. The fourth-order valence-electron chi connectivity index (χ4n) is 1.95. The molecule has 98 valence electrons. The van der Waals surface area contributed by atoms with Gasteiger partial charge in [0.1, 0.15) is 5.82 Å². The summed E-state index contributed by atoms with van der Waals surface area (Å²) < 4.78 is 50.9. The number of ketones is 1. The highest BCUT2D eigenvalue weighted by Crippen LogP contribution is 2.36. The number of carbonyl (C=O) groups is 1. The highest BCUT2D eigenvalue weighted by Gasteiger charge is 2.35. The van der Waals surface area contributed by atoms with Crippen LogP contribution in [0.3, 0.4) is 0 Å². The number of nitrogens with zero attached hydrogens (tertiary/aromatic N) is 1. The van der Waals surface area contributed by atoms with Crippen LogP contribution in [0.1, 0.15) is 23.1 Å². The zero-order chi connectivity index (χ0) is 14.2. The van der Waals surface area contributed by atoms with Gasteiger partial charge < -0.3 is 0 Å². The molecule has 0 bridgehead atoms. The number of Topliss-reactive ketones (excluding diaryl/α,β-unsaturated/α-hetero) is 1. The van der Waals surface area contributed by atoms with E-state index in [9.17, 15) is 22.4 Å². The average Bonchev–Trinajstić information content (AvgIpc) is 2.69. The molecule has 19 heavy (non-hydrogen) atoms. The van der Waals surface area contributed by atoms with Crippen LogP contribution in [0.2, 0.25) is 0 Å². The maximum Gasteiger partial charge on any atom is 0.419 e. The van der Waals surface area contributed by atoms with Gasteiger partial charge in [0.15, 0.2) is 5.78 Å². The lowest BCUT2D eigenvalue weighted by molar-refractivity contribution is -0.140. The van der Waals surface area contributed by atoms with Crippen LogP contribution in [0.25, 0.3) is 6.08 Å². The Bertz CT molecular complexity index is 623. The number of hydrogen-bond acceptors (Lipinski definition) is 2. The van der Waals surface area contributed by atoms with Gasteiger partial charge in [-0.2, -0.15) is 18.4 Å². The molecule has 2 nitrogen and oxygen atoms in total. The lowest BCUT2D eigenvalue weighted by Crippen LogP contribution is -2.09. The highest BCUT2D eigenvalue weighted by molar-refractivity contribution is 6.02. The van der Waals surface area contributed by atoms with Crippen molar-refractivity contribution in [3.63, 3.8) is 0 Å². The second kappa shape index (κ2) is 4.50. The first-order chi connectivity index (χ1) is 8.82. The van der Waals surface area contributed by atoms with Gasteiger partial charge >= 0.3 is 6.18 Å². The van der Waals surface area contributed by atoms with Crippen molar-refractivity contribution in [1.82, 2.24) is 0 Å². The van der Waals surface area contributed by atoms with Crippen LogP contribution in [0.5, 0.6) is 0 Å². The molecule has 0 radical (unpaired) electrons. The van der Waals surface area contributed by atoms with Crippen molar-refractivity contribution in [3.8, 4) is 6.07 Å². The van der Waals surface area contributed by atoms with Crippen molar-refractivity contribution in [2.45, 2.75) is 19.0 Å². The number of fused-ring (bicyclic) bond motifs is 1. The molecule has 0 aliphatic heterocycles. The number of carbonyl (C=O) groups excluding carboxylic acids is 1. The smallest absolute Gasteiger partial charge is 0.293 e. The predicted octanol–water partition coefficient (Wildman–Crippen LogP) is 3.27. The summed E-state index contributed by atoms with van der Waals surface area (Å²) in [5.41, 5.74) is -0.606. The molecule has 0 saturated heterocycles. The van der Waals surface area contributed by atoms with Crippen LogP contribution in [0.15, 0.2) is 17.7 Å². The zero-order valence-corrected chi connectivity index (χ0v) is 9.51. The monoisotopic (exact) mass is 269 g/mol. The van der Waals surface area contributed by atoms with Gasteiger partial charge in [-0.25, -0.2) is 4.39 Å². The Morgan fingerprint density at radius 2 is 2.05 bits per heavy atom. The van der Waals surface area contributed by atoms with E-state index in [2.05, 4.69) is 0 Å². The molecule has 2 rings (SSSR count). The summed E-state index contributed by atoms with van der Waals surface area (Å²) in [6.45, 7) is 0. The Kier molecular flexibility index (Phi) is 3.14. The van der Waals surface area contributed by atoms with Crippen molar-refractivity contribution in [2.75, 3.05) is 0 Å². The van der Waals surface area contributed by atoms with Gasteiger partial charge in [-0.15, -0.1) is 0 Å². The van der Waals surface area contributed by atoms with Gasteiger partial charge in [-0.05, 0) is 29.3 Å². The van der Waals surface area contributed by atoms with E-state index in [-0.39, 0.29) is 29.5 Å². The van der Waals surface area contributed by atoms with E-state index in [1.54, 1.807) is 6.07 Å². The molecule has 0 amide bonds. The van der Waals surface area contributed by atoms with Gasteiger partial charge in [0.25, 0.3) is 0 Å². The largest absolute Gasteiger partial charge is 0.419 e. The summed E-state index contributed by atoms with van der Waals surface area (Å²) in [5, 5.41) is 8.40. The van der Waals surface area contributed by atoms with Gasteiger partial charge in [-0.1, -0.05) is 0 Å². The molecule has 1 aliphatic rings. The standard InChI is InChI=1S/C13H7F4NO/c14-11-6-8-4-9(12(19)1-2-18)3-7(8)5-10(11)13(15,16)17/h4-6H,1,3H2. The molecule has 0 fully saturated rings. The van der Waals surface area contributed by atoms with E-state index in [1.165, 1.54) is 6.08 Å². The van der Waals surface area contributed by atoms with Crippen molar-refractivity contribution in [2.24, 2.45) is 0 Å². The van der Waals surface area contributed by atoms with Gasteiger partial charge in [0, 0.05) is 12.0 Å². The number of alkyl halides is 3. The molecular formula is C13H7F4NO. The number of rotatable bonds is 2. The number of hydrogen-bond donors (Lipinski definition) is 0. The molecule has 0 aromatic heterocycles. The molecule has 0 heterocycles. The van der Waals surface area contributed by atoms with E-state index in [4.69, 9.17) is 5.26 Å². The number of halogens is 4. The third kappa shape index (κ3) is 2.50. The van der Waals surface area contributed by atoms with E-state index in [0.717, 1.165) is 6.07 Å². The van der Waals surface area contributed by atoms with Crippen LogP contribution in [0, 0.1) is 17.1 Å². The van der Waals surface area contributed by atoms with Crippen LogP contribution < -0.4 is 0 Å². The molecule has 1 aromatic carbocycles. The van der Waals surface area contributed by atoms with Crippen LogP contribution >= 0.6 is 0 Å². The average molecular weight is 269 g/mol. The molecule has 0 saturated carbocycles. The van der Waals surface area contributed by atoms with Crippen molar-refractivity contribution in [3.05, 3.63) is 40.2 Å².